The van der Waals surface area contributed by atoms with Gasteiger partial charge in [0.2, 0.25) is 0 Å². The van der Waals surface area contributed by atoms with Crippen LogP contribution >= 0.6 is 11.3 Å². The molecule has 1 saturated heterocycles. The number of amides is 2. The second kappa shape index (κ2) is 6.93. The van der Waals surface area contributed by atoms with Crippen LogP contribution in [0.2, 0.25) is 0 Å². The lowest BCUT2D eigenvalue weighted by Crippen LogP contribution is -2.56. The molecule has 0 radical (unpaired) electrons. The lowest BCUT2D eigenvalue weighted by Gasteiger charge is -2.34. The summed E-state index contributed by atoms with van der Waals surface area (Å²) in [5, 5.41) is 14.4. The molecule has 116 valence electrons. The number of aliphatic carboxylic acids is 1. The van der Waals surface area contributed by atoms with E-state index in [1.165, 1.54) is 9.78 Å². The topological polar surface area (TPSA) is 69.6 Å². The molecule has 1 atom stereocenters. The largest absolute Gasteiger partial charge is 0.479 e. The number of thiophene rings is 1. The van der Waals surface area contributed by atoms with Crippen LogP contribution in [0.5, 0.6) is 0 Å². The first kappa shape index (κ1) is 15.8. The number of likely N-dealkylation sites (tertiary alicyclic amines) is 1. The number of hydrogen-bond acceptors (Lipinski definition) is 3. The molecule has 2 N–H and O–H groups in total. The lowest BCUT2D eigenvalue weighted by atomic mass is 9.91. The molecule has 1 aliphatic heterocycles. The maximum absolute atomic E-state index is 12.3. The molecule has 1 aliphatic rings. The highest BCUT2D eigenvalue weighted by Crippen LogP contribution is 2.34. The molecule has 0 bridgehead atoms. The first-order valence-electron chi connectivity index (χ1n) is 7.41. The summed E-state index contributed by atoms with van der Waals surface area (Å²) in [6, 6.07) is 3.77. The Labute approximate surface area is 129 Å². The van der Waals surface area contributed by atoms with E-state index in [0.29, 0.717) is 25.9 Å². The Hall–Kier alpha value is -1.56. The Morgan fingerprint density at radius 2 is 2.33 bits per heavy atom. The third-order valence-electron chi connectivity index (χ3n) is 4.02. The van der Waals surface area contributed by atoms with Crippen LogP contribution in [0.3, 0.4) is 0 Å². The zero-order valence-electron chi connectivity index (χ0n) is 12.3. The van der Waals surface area contributed by atoms with Gasteiger partial charge in [0.1, 0.15) is 5.54 Å². The molecule has 2 rings (SSSR count). The minimum Gasteiger partial charge on any atom is -0.479 e. The van der Waals surface area contributed by atoms with Crippen LogP contribution in [0, 0.1) is 0 Å². The van der Waals surface area contributed by atoms with Crippen molar-refractivity contribution in [2.75, 3.05) is 13.1 Å². The van der Waals surface area contributed by atoms with Crippen molar-refractivity contribution in [2.24, 2.45) is 0 Å². The van der Waals surface area contributed by atoms with Gasteiger partial charge in [-0.15, -0.1) is 11.3 Å². The van der Waals surface area contributed by atoms with E-state index < -0.39 is 11.5 Å². The quantitative estimate of drug-likeness (QED) is 0.849. The SMILES string of the molecule is CCCC1(C(=O)O)CCCN1C(=O)NCCc1cccs1. The highest BCUT2D eigenvalue weighted by Gasteiger charge is 2.49. The average Bonchev–Trinajstić information content (AvgIpc) is 3.08. The molecule has 21 heavy (non-hydrogen) atoms. The fourth-order valence-corrected chi connectivity index (χ4v) is 3.73. The number of urea groups is 1. The maximum atomic E-state index is 12.3. The number of carboxylic acid groups (broad SMARTS) is 1. The molecule has 5 nitrogen and oxygen atoms in total. The van der Waals surface area contributed by atoms with Crippen LogP contribution in [0.1, 0.15) is 37.5 Å². The van der Waals surface area contributed by atoms with Crippen LogP contribution in [-0.2, 0) is 11.2 Å². The summed E-state index contributed by atoms with van der Waals surface area (Å²) >= 11 is 1.66. The van der Waals surface area contributed by atoms with E-state index in [0.717, 1.165) is 19.3 Å². The highest BCUT2D eigenvalue weighted by atomic mass is 32.1. The highest BCUT2D eigenvalue weighted by molar-refractivity contribution is 7.09. The Kier molecular flexibility index (Phi) is 5.22. The van der Waals surface area contributed by atoms with Crippen LogP contribution < -0.4 is 5.32 Å². The summed E-state index contributed by atoms with van der Waals surface area (Å²) in [7, 11) is 0. The average molecular weight is 310 g/mol. The van der Waals surface area contributed by atoms with Crippen molar-refractivity contribution >= 4 is 23.3 Å². The number of carboxylic acids is 1. The van der Waals surface area contributed by atoms with E-state index in [1.807, 2.05) is 24.4 Å². The van der Waals surface area contributed by atoms with Gasteiger partial charge in [-0.3, -0.25) is 0 Å². The number of hydrogen-bond donors (Lipinski definition) is 2. The Morgan fingerprint density at radius 3 is 2.95 bits per heavy atom. The van der Waals surface area contributed by atoms with E-state index in [1.54, 1.807) is 11.3 Å². The molecule has 0 spiro atoms. The zero-order chi connectivity index (χ0) is 15.3. The van der Waals surface area contributed by atoms with Gasteiger partial charge in [-0.25, -0.2) is 9.59 Å². The standard InChI is InChI=1S/C15H22N2O3S/c1-2-7-15(13(18)19)8-4-10-17(15)14(20)16-9-6-12-5-3-11-21-12/h3,5,11H,2,4,6-10H2,1H3,(H,16,20)(H,18,19). The van der Waals surface area contributed by atoms with Gasteiger partial charge in [0, 0.05) is 18.0 Å². The van der Waals surface area contributed by atoms with E-state index in [-0.39, 0.29) is 6.03 Å². The summed E-state index contributed by atoms with van der Waals surface area (Å²) in [6.07, 6.45) is 3.36. The summed E-state index contributed by atoms with van der Waals surface area (Å²) < 4.78 is 0. The minimum absolute atomic E-state index is 0.250. The number of rotatable bonds is 6. The normalized spacial score (nSPS) is 21.5. The van der Waals surface area contributed by atoms with Gasteiger partial charge in [-0.2, -0.15) is 0 Å². The maximum Gasteiger partial charge on any atom is 0.329 e. The van der Waals surface area contributed by atoms with E-state index in [2.05, 4.69) is 5.32 Å². The van der Waals surface area contributed by atoms with Crippen molar-refractivity contribution in [1.29, 1.82) is 0 Å². The molecule has 2 amide bonds. The zero-order valence-corrected chi connectivity index (χ0v) is 13.1. The lowest BCUT2D eigenvalue weighted by molar-refractivity contribution is -0.148. The Morgan fingerprint density at radius 1 is 1.52 bits per heavy atom. The molecular formula is C15H22N2O3S. The van der Waals surface area contributed by atoms with Crippen LogP contribution in [0.25, 0.3) is 0 Å². The first-order chi connectivity index (χ1) is 10.1. The van der Waals surface area contributed by atoms with E-state index in [9.17, 15) is 14.7 Å². The van der Waals surface area contributed by atoms with Crippen molar-refractivity contribution < 1.29 is 14.7 Å². The summed E-state index contributed by atoms with van der Waals surface area (Å²) in [5.41, 5.74) is -1.01. The molecule has 0 saturated carbocycles. The van der Waals surface area contributed by atoms with E-state index >= 15 is 0 Å². The van der Waals surface area contributed by atoms with Gasteiger partial charge < -0.3 is 15.3 Å². The third kappa shape index (κ3) is 3.37. The second-order valence-electron chi connectivity index (χ2n) is 5.40. The summed E-state index contributed by atoms with van der Waals surface area (Å²) in [4.78, 5) is 26.7. The minimum atomic E-state index is -1.01. The van der Waals surface area contributed by atoms with Crippen LogP contribution in [0.15, 0.2) is 17.5 Å². The fraction of sp³-hybridized carbons (Fsp3) is 0.600. The number of nitrogens with one attached hydrogen (secondary N) is 1. The smallest absolute Gasteiger partial charge is 0.329 e. The fourth-order valence-electron chi connectivity index (χ4n) is 3.02. The Balaban J connectivity index is 1.95. The number of carbonyl (C=O) groups excluding carboxylic acids is 1. The van der Waals surface area contributed by atoms with Crippen molar-refractivity contribution in [2.45, 2.75) is 44.6 Å². The van der Waals surface area contributed by atoms with Crippen molar-refractivity contribution in [1.82, 2.24) is 10.2 Å². The van der Waals surface area contributed by atoms with E-state index in [4.69, 9.17) is 0 Å². The molecule has 1 unspecified atom stereocenters. The predicted octanol–water partition coefficient (Wildman–Crippen LogP) is 2.72. The van der Waals surface area contributed by atoms with Crippen LogP contribution in [0.4, 0.5) is 4.79 Å². The molecule has 1 fully saturated rings. The van der Waals surface area contributed by atoms with Crippen molar-refractivity contribution in [3.05, 3.63) is 22.4 Å². The molecule has 2 heterocycles. The molecule has 0 aromatic carbocycles. The van der Waals surface area contributed by atoms with Gasteiger partial charge in [0.15, 0.2) is 0 Å². The third-order valence-corrected chi connectivity index (χ3v) is 4.96. The molecule has 1 aromatic heterocycles. The molecule has 6 heteroatoms. The number of carbonyl (C=O) groups is 2. The number of nitrogens with zero attached hydrogens (tertiary/aromatic N) is 1. The molecule has 0 aliphatic carbocycles. The monoisotopic (exact) mass is 310 g/mol. The van der Waals surface area contributed by atoms with Crippen molar-refractivity contribution in [3.63, 3.8) is 0 Å². The van der Waals surface area contributed by atoms with Gasteiger partial charge in [-0.1, -0.05) is 19.4 Å². The summed E-state index contributed by atoms with van der Waals surface area (Å²) in [6.45, 7) is 3.02. The van der Waals surface area contributed by atoms with Gasteiger partial charge in [0.05, 0.1) is 0 Å². The first-order valence-corrected chi connectivity index (χ1v) is 8.29. The van der Waals surface area contributed by atoms with Gasteiger partial charge in [-0.05, 0) is 37.1 Å². The van der Waals surface area contributed by atoms with Crippen LogP contribution in [-0.4, -0.2) is 40.6 Å². The van der Waals surface area contributed by atoms with Gasteiger partial charge >= 0.3 is 12.0 Å². The van der Waals surface area contributed by atoms with Gasteiger partial charge in [0.25, 0.3) is 0 Å². The summed E-state index contributed by atoms with van der Waals surface area (Å²) in [5.74, 6) is -0.879. The van der Waals surface area contributed by atoms with Crippen molar-refractivity contribution in [3.8, 4) is 0 Å². The molecule has 1 aromatic rings. The Bertz CT molecular complexity index is 489. The second-order valence-corrected chi connectivity index (χ2v) is 6.44. The molecular weight excluding hydrogens is 288 g/mol. The predicted molar refractivity (Wildman–Crippen MR) is 82.6 cm³/mol.